The molecule has 20 heavy (non-hydrogen) atoms. The largest absolute Gasteiger partial charge is 0.0654 e. The molecule has 1 aromatic rings. The second kappa shape index (κ2) is 11.4. The van der Waals surface area contributed by atoms with Crippen molar-refractivity contribution in [2.75, 3.05) is 0 Å². The van der Waals surface area contributed by atoms with Gasteiger partial charge in [-0.15, -0.1) is 0 Å². The van der Waals surface area contributed by atoms with E-state index in [9.17, 15) is 0 Å². The highest BCUT2D eigenvalue weighted by molar-refractivity contribution is 9.10. The van der Waals surface area contributed by atoms with Gasteiger partial charge in [0.05, 0.1) is 0 Å². The highest BCUT2D eigenvalue weighted by Gasteiger charge is 2.11. The minimum Gasteiger partial charge on any atom is -0.0654 e. The van der Waals surface area contributed by atoms with Crippen LogP contribution in [-0.2, 0) is 0 Å². The molecule has 0 radical (unpaired) electrons. The van der Waals surface area contributed by atoms with Gasteiger partial charge in [-0.05, 0) is 36.5 Å². The van der Waals surface area contributed by atoms with E-state index in [1.807, 2.05) is 0 Å². The van der Waals surface area contributed by atoms with Gasteiger partial charge in [0, 0.05) is 4.47 Å². The molecule has 1 atom stereocenters. The van der Waals surface area contributed by atoms with E-state index in [2.05, 4.69) is 54.0 Å². The lowest BCUT2D eigenvalue weighted by Crippen LogP contribution is -1.99. The first-order chi connectivity index (χ1) is 9.77. The number of hydrogen-bond acceptors (Lipinski definition) is 0. The Morgan fingerprint density at radius 3 is 1.85 bits per heavy atom. The summed E-state index contributed by atoms with van der Waals surface area (Å²) < 4.78 is 1.19. The van der Waals surface area contributed by atoms with Gasteiger partial charge in [-0.1, -0.05) is 93.3 Å². The van der Waals surface area contributed by atoms with E-state index < -0.39 is 0 Å². The van der Waals surface area contributed by atoms with Gasteiger partial charge in [0.2, 0.25) is 0 Å². The maximum absolute atomic E-state index is 3.54. The SMILES string of the molecule is CCCCCCCC(CCCCC)c1ccc(Br)cc1. The van der Waals surface area contributed by atoms with Crippen LogP contribution < -0.4 is 0 Å². The molecule has 0 N–H and O–H groups in total. The van der Waals surface area contributed by atoms with Crippen LogP contribution in [-0.4, -0.2) is 0 Å². The van der Waals surface area contributed by atoms with Crippen molar-refractivity contribution in [3.8, 4) is 0 Å². The van der Waals surface area contributed by atoms with Gasteiger partial charge < -0.3 is 0 Å². The predicted molar refractivity (Wildman–Crippen MR) is 94.4 cm³/mol. The molecular formula is C19H31Br. The van der Waals surface area contributed by atoms with E-state index in [1.165, 1.54) is 68.7 Å². The standard InChI is InChI=1S/C19H31Br/c1-3-5-7-8-10-12-17(11-9-6-4-2)18-13-15-19(20)16-14-18/h13-17H,3-12H2,1-2H3. The lowest BCUT2D eigenvalue weighted by molar-refractivity contribution is 0.497. The van der Waals surface area contributed by atoms with E-state index in [1.54, 1.807) is 5.56 Å². The number of benzene rings is 1. The molecule has 1 aromatic carbocycles. The third-order valence-electron chi connectivity index (χ3n) is 4.15. The first-order valence-electron chi connectivity index (χ1n) is 8.53. The molecule has 1 heteroatoms. The number of rotatable bonds is 11. The van der Waals surface area contributed by atoms with E-state index in [-0.39, 0.29) is 0 Å². The quantitative estimate of drug-likeness (QED) is 0.367. The van der Waals surface area contributed by atoms with Crippen LogP contribution in [0.2, 0.25) is 0 Å². The lowest BCUT2D eigenvalue weighted by Gasteiger charge is -2.17. The van der Waals surface area contributed by atoms with Crippen molar-refractivity contribution in [2.24, 2.45) is 0 Å². The first kappa shape index (κ1) is 17.8. The van der Waals surface area contributed by atoms with Gasteiger partial charge in [0.15, 0.2) is 0 Å². The van der Waals surface area contributed by atoms with Crippen molar-refractivity contribution in [3.63, 3.8) is 0 Å². The zero-order valence-electron chi connectivity index (χ0n) is 13.3. The van der Waals surface area contributed by atoms with Crippen LogP contribution in [0.5, 0.6) is 0 Å². The fraction of sp³-hybridized carbons (Fsp3) is 0.684. The fourth-order valence-electron chi connectivity index (χ4n) is 2.85. The molecule has 114 valence electrons. The van der Waals surface area contributed by atoms with Crippen molar-refractivity contribution in [1.29, 1.82) is 0 Å². The second-order valence-corrected chi connectivity index (χ2v) is 6.86. The van der Waals surface area contributed by atoms with Crippen molar-refractivity contribution in [2.45, 2.75) is 84.0 Å². The van der Waals surface area contributed by atoms with Crippen LogP contribution in [0, 0.1) is 0 Å². The molecular weight excluding hydrogens is 308 g/mol. The molecule has 0 aliphatic rings. The topological polar surface area (TPSA) is 0 Å². The molecule has 0 spiro atoms. The highest BCUT2D eigenvalue weighted by atomic mass is 79.9. The van der Waals surface area contributed by atoms with Crippen molar-refractivity contribution in [1.82, 2.24) is 0 Å². The average molecular weight is 339 g/mol. The minimum absolute atomic E-state index is 0.774. The molecule has 0 amide bonds. The Hall–Kier alpha value is -0.300. The summed E-state index contributed by atoms with van der Waals surface area (Å²) in [7, 11) is 0. The van der Waals surface area contributed by atoms with Gasteiger partial charge in [-0.3, -0.25) is 0 Å². The van der Waals surface area contributed by atoms with Gasteiger partial charge in [0.1, 0.15) is 0 Å². The van der Waals surface area contributed by atoms with Crippen LogP contribution in [0.1, 0.15) is 89.5 Å². The van der Waals surface area contributed by atoms with Crippen LogP contribution in [0.4, 0.5) is 0 Å². The summed E-state index contributed by atoms with van der Waals surface area (Å²) in [6.07, 6.45) is 13.8. The van der Waals surface area contributed by atoms with Gasteiger partial charge in [-0.2, -0.15) is 0 Å². The molecule has 0 saturated carbocycles. The van der Waals surface area contributed by atoms with Gasteiger partial charge >= 0.3 is 0 Å². The third-order valence-corrected chi connectivity index (χ3v) is 4.68. The van der Waals surface area contributed by atoms with Crippen molar-refractivity contribution in [3.05, 3.63) is 34.3 Å². The Bertz CT molecular complexity index is 328. The molecule has 0 aliphatic heterocycles. The molecule has 0 aromatic heterocycles. The summed E-state index contributed by atoms with van der Waals surface area (Å²) in [4.78, 5) is 0. The molecule has 0 fully saturated rings. The molecule has 0 nitrogen and oxygen atoms in total. The van der Waals surface area contributed by atoms with Crippen molar-refractivity contribution < 1.29 is 0 Å². The summed E-state index contributed by atoms with van der Waals surface area (Å²) in [5, 5.41) is 0. The first-order valence-corrected chi connectivity index (χ1v) is 9.32. The van der Waals surface area contributed by atoms with Crippen LogP contribution in [0.15, 0.2) is 28.7 Å². The maximum Gasteiger partial charge on any atom is 0.0175 e. The molecule has 0 aliphatic carbocycles. The van der Waals surface area contributed by atoms with Gasteiger partial charge in [-0.25, -0.2) is 0 Å². The van der Waals surface area contributed by atoms with Crippen LogP contribution in [0.25, 0.3) is 0 Å². The summed E-state index contributed by atoms with van der Waals surface area (Å²) >= 11 is 3.54. The molecule has 1 unspecified atom stereocenters. The Balaban J connectivity index is 2.44. The summed E-state index contributed by atoms with van der Waals surface area (Å²) in [6.45, 7) is 4.58. The Labute approximate surface area is 134 Å². The second-order valence-electron chi connectivity index (χ2n) is 5.95. The summed E-state index contributed by atoms with van der Waals surface area (Å²) in [5.41, 5.74) is 1.54. The van der Waals surface area contributed by atoms with E-state index in [4.69, 9.17) is 0 Å². The number of halogens is 1. The Kier molecular flexibility index (Phi) is 10.1. The minimum atomic E-state index is 0.774. The maximum atomic E-state index is 3.54. The Morgan fingerprint density at radius 2 is 1.25 bits per heavy atom. The monoisotopic (exact) mass is 338 g/mol. The van der Waals surface area contributed by atoms with E-state index >= 15 is 0 Å². The Morgan fingerprint density at radius 1 is 0.750 bits per heavy atom. The van der Waals surface area contributed by atoms with Gasteiger partial charge in [0.25, 0.3) is 0 Å². The summed E-state index contributed by atoms with van der Waals surface area (Å²) in [5.74, 6) is 0.774. The van der Waals surface area contributed by atoms with E-state index in [0.717, 1.165) is 5.92 Å². The zero-order valence-corrected chi connectivity index (χ0v) is 14.9. The predicted octanol–water partition coefficient (Wildman–Crippen LogP) is 7.47. The van der Waals surface area contributed by atoms with Crippen LogP contribution in [0.3, 0.4) is 0 Å². The molecule has 1 rings (SSSR count). The molecule has 0 heterocycles. The normalized spacial score (nSPS) is 12.6. The summed E-state index contributed by atoms with van der Waals surface area (Å²) in [6, 6.07) is 9.01. The third kappa shape index (κ3) is 7.47. The highest BCUT2D eigenvalue weighted by Crippen LogP contribution is 2.29. The average Bonchev–Trinajstić information content (AvgIpc) is 2.46. The smallest absolute Gasteiger partial charge is 0.0175 e. The molecule has 0 saturated heterocycles. The van der Waals surface area contributed by atoms with Crippen LogP contribution >= 0.6 is 15.9 Å². The number of unbranched alkanes of at least 4 members (excludes halogenated alkanes) is 6. The lowest BCUT2D eigenvalue weighted by atomic mass is 9.88. The number of hydrogen-bond donors (Lipinski definition) is 0. The molecule has 0 bridgehead atoms. The zero-order chi connectivity index (χ0) is 14.6. The van der Waals surface area contributed by atoms with Crippen molar-refractivity contribution >= 4 is 15.9 Å². The van der Waals surface area contributed by atoms with E-state index in [0.29, 0.717) is 0 Å². The fourth-order valence-corrected chi connectivity index (χ4v) is 3.11.